The molecule has 0 saturated heterocycles. The van der Waals surface area contributed by atoms with Gasteiger partial charge >= 0.3 is 0 Å². The van der Waals surface area contributed by atoms with Gasteiger partial charge in [-0.25, -0.2) is 5.48 Å². The van der Waals surface area contributed by atoms with Gasteiger partial charge < -0.3 is 10.0 Å². The fourth-order valence-corrected chi connectivity index (χ4v) is 5.44. The predicted molar refractivity (Wildman–Crippen MR) is 135 cm³/mol. The molecule has 0 unspecified atom stereocenters. The Labute approximate surface area is 215 Å². The number of aromatic nitrogens is 1. The molecule has 1 saturated carbocycles. The minimum atomic E-state index is -0.698. The van der Waals surface area contributed by atoms with Crippen molar-refractivity contribution in [1.82, 2.24) is 15.4 Å². The molecule has 0 radical (unpaired) electrons. The SMILES string of the molecule is O=C(NOCc1ccccn1)[C@@H]1c2ccccc2C(=O)N(C2CCC(O)CC2)[C@H]1c1ccc(Cl)cc1. The van der Waals surface area contributed by atoms with Crippen LogP contribution in [0.25, 0.3) is 0 Å². The first-order chi connectivity index (χ1) is 17.5. The second-order valence-corrected chi connectivity index (χ2v) is 9.75. The Morgan fingerprint density at radius 2 is 1.75 bits per heavy atom. The van der Waals surface area contributed by atoms with Crippen LogP contribution >= 0.6 is 11.6 Å². The lowest BCUT2D eigenvalue weighted by atomic mass is 9.77. The molecule has 1 aliphatic heterocycles. The number of aliphatic hydroxyl groups is 1. The highest BCUT2D eigenvalue weighted by atomic mass is 35.5. The molecule has 0 bridgehead atoms. The number of hydrogen-bond acceptors (Lipinski definition) is 5. The molecule has 186 valence electrons. The molecule has 2 aromatic carbocycles. The maximum Gasteiger partial charge on any atom is 0.254 e. The topological polar surface area (TPSA) is 91.8 Å². The monoisotopic (exact) mass is 505 g/mol. The van der Waals surface area contributed by atoms with Gasteiger partial charge in [-0.05, 0) is 67.1 Å². The van der Waals surface area contributed by atoms with Gasteiger partial charge in [-0.15, -0.1) is 0 Å². The molecule has 36 heavy (non-hydrogen) atoms. The van der Waals surface area contributed by atoms with Crippen molar-refractivity contribution in [3.63, 3.8) is 0 Å². The summed E-state index contributed by atoms with van der Waals surface area (Å²) in [5, 5.41) is 10.7. The van der Waals surface area contributed by atoms with Gasteiger partial charge in [0.2, 0.25) is 0 Å². The standard InChI is InChI=1S/C28H28ClN3O4/c29-19-10-8-18(9-11-19)26-25(27(34)31-36-17-20-5-3-4-16-30-20)23-6-1-2-7-24(23)28(35)32(26)21-12-14-22(33)15-13-21/h1-11,16,21-22,25-26,33H,12-15,17H2,(H,31,34)/t21?,22?,25-,26+/m1/s1. The van der Waals surface area contributed by atoms with Gasteiger partial charge in [0.15, 0.2) is 0 Å². The van der Waals surface area contributed by atoms with E-state index in [2.05, 4.69) is 10.5 Å². The molecule has 2 atom stereocenters. The van der Waals surface area contributed by atoms with Crippen molar-refractivity contribution < 1.29 is 19.5 Å². The van der Waals surface area contributed by atoms with Crippen molar-refractivity contribution in [3.05, 3.63) is 100 Å². The summed E-state index contributed by atoms with van der Waals surface area (Å²) >= 11 is 6.17. The van der Waals surface area contributed by atoms with Crippen LogP contribution in [-0.2, 0) is 16.2 Å². The number of pyridine rings is 1. The van der Waals surface area contributed by atoms with Crippen LogP contribution in [-0.4, -0.2) is 39.0 Å². The number of benzene rings is 2. The van der Waals surface area contributed by atoms with E-state index in [9.17, 15) is 14.7 Å². The number of rotatable bonds is 6. The molecule has 2 heterocycles. The quantitative estimate of drug-likeness (QED) is 0.479. The summed E-state index contributed by atoms with van der Waals surface area (Å²) in [6.45, 7) is 0.121. The molecule has 2 aliphatic rings. The smallest absolute Gasteiger partial charge is 0.254 e. The number of carbonyl (C=O) groups excluding carboxylic acids is 2. The molecule has 3 aromatic rings. The van der Waals surface area contributed by atoms with Crippen LogP contribution < -0.4 is 5.48 Å². The molecular formula is C28H28ClN3O4. The first kappa shape index (κ1) is 24.4. The van der Waals surface area contributed by atoms with E-state index >= 15 is 0 Å². The van der Waals surface area contributed by atoms with E-state index in [0.29, 0.717) is 47.5 Å². The largest absolute Gasteiger partial charge is 0.393 e. The lowest BCUT2D eigenvalue weighted by Crippen LogP contribution is -2.52. The van der Waals surface area contributed by atoms with E-state index < -0.39 is 12.0 Å². The Hall–Kier alpha value is -3.26. The highest BCUT2D eigenvalue weighted by Gasteiger charge is 2.47. The van der Waals surface area contributed by atoms with Gasteiger partial charge in [-0.3, -0.25) is 19.4 Å². The van der Waals surface area contributed by atoms with Crippen LogP contribution in [0, 0.1) is 0 Å². The van der Waals surface area contributed by atoms with Crippen molar-refractivity contribution in [2.45, 2.75) is 56.4 Å². The van der Waals surface area contributed by atoms with E-state index in [1.165, 1.54) is 0 Å². The summed E-state index contributed by atoms with van der Waals surface area (Å²) in [5.41, 5.74) is 5.30. The molecule has 7 nitrogen and oxygen atoms in total. The minimum absolute atomic E-state index is 0.0975. The van der Waals surface area contributed by atoms with Crippen LogP contribution in [0.3, 0.4) is 0 Å². The Balaban J connectivity index is 1.52. The zero-order chi connectivity index (χ0) is 25.1. The zero-order valence-electron chi connectivity index (χ0n) is 19.7. The van der Waals surface area contributed by atoms with Crippen molar-refractivity contribution >= 4 is 23.4 Å². The fourth-order valence-electron chi connectivity index (χ4n) is 5.31. The molecule has 1 aromatic heterocycles. The Kier molecular flexibility index (Phi) is 7.32. The highest BCUT2D eigenvalue weighted by molar-refractivity contribution is 6.30. The predicted octanol–water partition coefficient (Wildman–Crippen LogP) is 4.57. The Morgan fingerprint density at radius 3 is 2.47 bits per heavy atom. The number of hydrogen-bond donors (Lipinski definition) is 2. The number of hydroxylamine groups is 1. The summed E-state index contributed by atoms with van der Waals surface area (Å²) in [6.07, 6.45) is 3.88. The third-order valence-electron chi connectivity index (χ3n) is 7.05. The number of fused-ring (bicyclic) bond motifs is 1. The number of nitrogens with one attached hydrogen (secondary N) is 1. The summed E-state index contributed by atoms with van der Waals surface area (Å²) in [4.78, 5) is 39.2. The summed E-state index contributed by atoms with van der Waals surface area (Å²) < 4.78 is 0. The third-order valence-corrected chi connectivity index (χ3v) is 7.30. The summed E-state index contributed by atoms with van der Waals surface area (Å²) in [5.74, 6) is -1.15. The van der Waals surface area contributed by atoms with E-state index in [-0.39, 0.29) is 30.6 Å². The minimum Gasteiger partial charge on any atom is -0.393 e. The number of nitrogens with zero attached hydrogens (tertiary/aromatic N) is 2. The van der Waals surface area contributed by atoms with Crippen LogP contribution in [0.5, 0.6) is 0 Å². The van der Waals surface area contributed by atoms with E-state index in [1.807, 2.05) is 53.4 Å². The molecule has 5 rings (SSSR count). The maximum absolute atomic E-state index is 13.9. The molecule has 2 amide bonds. The van der Waals surface area contributed by atoms with Crippen molar-refractivity contribution in [1.29, 1.82) is 0 Å². The molecule has 8 heteroatoms. The average molecular weight is 506 g/mol. The molecule has 0 spiro atoms. The van der Waals surface area contributed by atoms with E-state index in [4.69, 9.17) is 16.4 Å². The van der Waals surface area contributed by atoms with Gasteiger partial charge in [-0.2, -0.15) is 0 Å². The van der Waals surface area contributed by atoms with Crippen LogP contribution in [0.2, 0.25) is 5.02 Å². The van der Waals surface area contributed by atoms with Crippen molar-refractivity contribution in [3.8, 4) is 0 Å². The number of aliphatic hydroxyl groups excluding tert-OH is 1. The number of amides is 2. The summed E-state index contributed by atoms with van der Waals surface area (Å²) in [7, 11) is 0. The number of halogens is 1. The zero-order valence-corrected chi connectivity index (χ0v) is 20.5. The van der Waals surface area contributed by atoms with Crippen LogP contribution in [0.4, 0.5) is 0 Å². The van der Waals surface area contributed by atoms with Gasteiger partial charge in [-0.1, -0.05) is 48.0 Å². The van der Waals surface area contributed by atoms with E-state index in [1.54, 1.807) is 24.4 Å². The highest BCUT2D eigenvalue weighted by Crippen LogP contribution is 2.46. The normalized spacial score (nSPS) is 23.7. The fraction of sp³-hybridized carbons (Fsp3) is 0.321. The maximum atomic E-state index is 13.9. The third kappa shape index (κ3) is 5.00. The van der Waals surface area contributed by atoms with Crippen LogP contribution in [0.1, 0.15) is 64.8 Å². The molecule has 1 fully saturated rings. The summed E-state index contributed by atoms with van der Waals surface area (Å²) in [6, 6.07) is 19.4. The van der Waals surface area contributed by atoms with Gasteiger partial charge in [0.1, 0.15) is 6.61 Å². The van der Waals surface area contributed by atoms with Gasteiger partial charge in [0.25, 0.3) is 11.8 Å². The second kappa shape index (κ2) is 10.8. The van der Waals surface area contributed by atoms with Gasteiger partial charge in [0.05, 0.1) is 23.8 Å². The first-order valence-electron chi connectivity index (χ1n) is 12.2. The Morgan fingerprint density at radius 1 is 1.03 bits per heavy atom. The van der Waals surface area contributed by atoms with Gasteiger partial charge in [0, 0.05) is 22.8 Å². The Bertz CT molecular complexity index is 1210. The molecule has 2 N–H and O–H groups in total. The molecular weight excluding hydrogens is 478 g/mol. The van der Waals surface area contributed by atoms with Crippen molar-refractivity contribution in [2.24, 2.45) is 0 Å². The van der Waals surface area contributed by atoms with E-state index in [0.717, 1.165) is 5.56 Å². The average Bonchev–Trinajstić information content (AvgIpc) is 2.90. The second-order valence-electron chi connectivity index (χ2n) is 9.31. The molecule has 1 aliphatic carbocycles. The first-order valence-corrected chi connectivity index (χ1v) is 12.6. The van der Waals surface area contributed by atoms with Crippen molar-refractivity contribution in [2.75, 3.05) is 0 Å². The lowest BCUT2D eigenvalue weighted by molar-refractivity contribution is -0.138. The number of carbonyl (C=O) groups is 2. The van der Waals surface area contributed by atoms with Crippen LogP contribution in [0.15, 0.2) is 72.9 Å². The lowest BCUT2D eigenvalue weighted by Gasteiger charge is -2.47.